The molecule has 2 aromatic rings. The van der Waals surface area contributed by atoms with Crippen LogP contribution in [0.3, 0.4) is 0 Å². The molecule has 0 unspecified atom stereocenters. The fourth-order valence-corrected chi connectivity index (χ4v) is 3.54. The Morgan fingerprint density at radius 1 is 1.04 bits per heavy atom. The number of piperazine rings is 1. The van der Waals surface area contributed by atoms with Gasteiger partial charge in [-0.1, -0.05) is 0 Å². The van der Waals surface area contributed by atoms with E-state index in [4.69, 9.17) is 5.26 Å². The Morgan fingerprint density at radius 2 is 1.84 bits per heavy atom. The molecule has 0 atom stereocenters. The number of rotatable bonds is 2. The van der Waals surface area contributed by atoms with Crippen molar-refractivity contribution in [3.63, 3.8) is 0 Å². The molecule has 0 aromatic carbocycles. The average molecular weight is 335 g/mol. The van der Waals surface area contributed by atoms with Crippen molar-refractivity contribution in [1.82, 2.24) is 19.9 Å². The van der Waals surface area contributed by atoms with E-state index in [1.807, 2.05) is 6.07 Å². The molecular weight excluding hydrogens is 314 g/mol. The zero-order valence-corrected chi connectivity index (χ0v) is 14.4. The molecular formula is C18H21N7. The maximum Gasteiger partial charge on any atom is 0.136 e. The van der Waals surface area contributed by atoms with Gasteiger partial charge in [-0.05, 0) is 19.2 Å². The maximum absolute atomic E-state index is 9.06. The number of pyridine rings is 1. The maximum atomic E-state index is 9.06. The van der Waals surface area contributed by atoms with Crippen molar-refractivity contribution in [3.05, 3.63) is 41.5 Å². The van der Waals surface area contributed by atoms with Gasteiger partial charge in [0.1, 0.15) is 18.0 Å². The highest BCUT2D eigenvalue weighted by Crippen LogP contribution is 2.26. The third-order valence-electron chi connectivity index (χ3n) is 4.95. The number of aromatic nitrogens is 3. The second kappa shape index (κ2) is 6.65. The number of fused-ring (bicyclic) bond motifs is 1. The quantitative estimate of drug-likeness (QED) is 0.812. The molecule has 2 aliphatic heterocycles. The van der Waals surface area contributed by atoms with Crippen molar-refractivity contribution in [2.24, 2.45) is 0 Å². The molecule has 4 heterocycles. The molecule has 25 heavy (non-hydrogen) atoms. The molecule has 0 N–H and O–H groups in total. The van der Waals surface area contributed by atoms with Crippen LogP contribution in [0.15, 0.2) is 24.7 Å². The first kappa shape index (κ1) is 15.8. The van der Waals surface area contributed by atoms with Gasteiger partial charge >= 0.3 is 0 Å². The first-order chi connectivity index (χ1) is 12.2. The van der Waals surface area contributed by atoms with E-state index in [9.17, 15) is 0 Å². The molecule has 128 valence electrons. The van der Waals surface area contributed by atoms with Crippen LogP contribution in [-0.4, -0.2) is 59.6 Å². The lowest BCUT2D eigenvalue weighted by molar-refractivity contribution is 0.309. The normalized spacial score (nSPS) is 17.9. The summed E-state index contributed by atoms with van der Waals surface area (Å²) in [6, 6.07) is 5.78. The summed E-state index contributed by atoms with van der Waals surface area (Å²) in [5.41, 5.74) is 3.11. The van der Waals surface area contributed by atoms with E-state index in [0.29, 0.717) is 5.56 Å². The summed E-state index contributed by atoms with van der Waals surface area (Å²) in [7, 11) is 2.14. The molecule has 7 nitrogen and oxygen atoms in total. The molecule has 0 saturated carbocycles. The lowest BCUT2D eigenvalue weighted by Crippen LogP contribution is -2.47. The van der Waals surface area contributed by atoms with Crippen LogP contribution in [0.25, 0.3) is 0 Å². The molecule has 4 rings (SSSR count). The second-order valence-corrected chi connectivity index (χ2v) is 6.60. The Labute approximate surface area is 147 Å². The highest BCUT2D eigenvalue weighted by Gasteiger charge is 2.25. The first-order valence-electron chi connectivity index (χ1n) is 8.62. The number of hydrogen-bond donors (Lipinski definition) is 0. The van der Waals surface area contributed by atoms with Crippen LogP contribution >= 0.6 is 0 Å². The lowest BCUT2D eigenvalue weighted by Gasteiger charge is -2.38. The van der Waals surface area contributed by atoms with Crippen LogP contribution in [0.4, 0.5) is 11.6 Å². The monoisotopic (exact) mass is 335 g/mol. The number of hydrogen-bond acceptors (Lipinski definition) is 7. The van der Waals surface area contributed by atoms with Crippen LogP contribution in [0.2, 0.25) is 0 Å². The third kappa shape index (κ3) is 3.13. The number of nitrogens with zero attached hydrogens (tertiary/aromatic N) is 7. The summed E-state index contributed by atoms with van der Waals surface area (Å²) >= 11 is 0. The molecule has 0 radical (unpaired) electrons. The minimum Gasteiger partial charge on any atom is -0.353 e. The van der Waals surface area contributed by atoms with Gasteiger partial charge in [-0.15, -0.1) is 0 Å². The molecule has 2 aromatic heterocycles. The fraction of sp³-hybridized carbons (Fsp3) is 0.444. The summed E-state index contributed by atoms with van der Waals surface area (Å²) < 4.78 is 0. The standard InChI is InChI=1S/C18H21N7/c1-23-5-3-16-15(12-23)18(22-13-21-16)25-8-6-24(7-9-25)17-10-14(11-19)2-4-20-17/h2,4,10,13H,3,5-9,12H2,1H3. The molecule has 0 amide bonds. The van der Waals surface area contributed by atoms with E-state index in [1.165, 1.54) is 11.3 Å². The Bertz CT molecular complexity index is 805. The van der Waals surface area contributed by atoms with E-state index in [1.54, 1.807) is 18.6 Å². The Balaban J connectivity index is 1.50. The summed E-state index contributed by atoms with van der Waals surface area (Å²) in [5.74, 6) is 1.96. The average Bonchev–Trinajstić information content (AvgIpc) is 2.67. The Kier molecular flexibility index (Phi) is 4.20. The molecule has 7 heteroatoms. The van der Waals surface area contributed by atoms with Crippen LogP contribution in [0.5, 0.6) is 0 Å². The van der Waals surface area contributed by atoms with Gasteiger partial charge in [0.2, 0.25) is 0 Å². The first-order valence-corrected chi connectivity index (χ1v) is 8.62. The van der Waals surface area contributed by atoms with Gasteiger partial charge in [-0.25, -0.2) is 15.0 Å². The number of nitriles is 1. The topological polar surface area (TPSA) is 72.2 Å². The van der Waals surface area contributed by atoms with E-state index in [0.717, 1.165) is 57.3 Å². The van der Waals surface area contributed by atoms with E-state index < -0.39 is 0 Å². The van der Waals surface area contributed by atoms with Crippen LogP contribution in [0, 0.1) is 11.3 Å². The summed E-state index contributed by atoms with van der Waals surface area (Å²) in [4.78, 5) is 20.4. The molecule has 0 bridgehead atoms. The van der Waals surface area contributed by atoms with Gasteiger partial charge in [0.15, 0.2) is 0 Å². The van der Waals surface area contributed by atoms with Crippen molar-refractivity contribution in [2.75, 3.05) is 49.6 Å². The second-order valence-electron chi connectivity index (χ2n) is 6.60. The molecule has 1 fully saturated rings. The minimum absolute atomic E-state index is 0.653. The molecule has 0 aliphatic carbocycles. The van der Waals surface area contributed by atoms with Crippen molar-refractivity contribution in [2.45, 2.75) is 13.0 Å². The lowest BCUT2D eigenvalue weighted by atomic mass is 10.1. The summed E-state index contributed by atoms with van der Waals surface area (Å²) in [6.45, 7) is 5.50. The predicted molar refractivity (Wildman–Crippen MR) is 95.4 cm³/mol. The largest absolute Gasteiger partial charge is 0.353 e. The van der Waals surface area contributed by atoms with Gasteiger partial charge in [0.05, 0.1) is 17.3 Å². The van der Waals surface area contributed by atoms with Crippen molar-refractivity contribution >= 4 is 11.6 Å². The summed E-state index contributed by atoms with van der Waals surface area (Å²) in [6.07, 6.45) is 4.40. The van der Waals surface area contributed by atoms with Crippen molar-refractivity contribution < 1.29 is 0 Å². The van der Waals surface area contributed by atoms with Gasteiger partial charge < -0.3 is 14.7 Å². The minimum atomic E-state index is 0.653. The summed E-state index contributed by atoms with van der Waals surface area (Å²) in [5, 5.41) is 9.06. The zero-order chi connectivity index (χ0) is 17.2. The highest BCUT2D eigenvalue weighted by atomic mass is 15.3. The Morgan fingerprint density at radius 3 is 2.64 bits per heavy atom. The Hall–Kier alpha value is -2.72. The molecule has 0 spiro atoms. The predicted octanol–water partition coefficient (Wildman–Crippen LogP) is 1.06. The van der Waals surface area contributed by atoms with E-state index in [2.05, 4.69) is 42.8 Å². The molecule has 1 saturated heterocycles. The van der Waals surface area contributed by atoms with Crippen molar-refractivity contribution in [1.29, 1.82) is 5.26 Å². The smallest absolute Gasteiger partial charge is 0.136 e. The van der Waals surface area contributed by atoms with Gasteiger partial charge in [0.25, 0.3) is 0 Å². The zero-order valence-electron chi connectivity index (χ0n) is 14.4. The highest BCUT2D eigenvalue weighted by molar-refractivity contribution is 5.52. The number of anilines is 2. The van der Waals surface area contributed by atoms with Crippen LogP contribution in [0.1, 0.15) is 16.8 Å². The fourth-order valence-electron chi connectivity index (χ4n) is 3.54. The third-order valence-corrected chi connectivity index (χ3v) is 4.95. The van der Waals surface area contributed by atoms with Gasteiger partial charge in [-0.3, -0.25) is 0 Å². The SMILES string of the molecule is CN1CCc2ncnc(N3CCN(c4cc(C#N)ccn4)CC3)c2C1. The van der Waals surface area contributed by atoms with E-state index >= 15 is 0 Å². The van der Waals surface area contributed by atoms with Crippen LogP contribution < -0.4 is 9.80 Å². The van der Waals surface area contributed by atoms with Gasteiger partial charge in [0, 0.05) is 57.4 Å². The number of likely N-dealkylation sites (N-methyl/N-ethyl adjacent to an activating group) is 1. The van der Waals surface area contributed by atoms with Crippen molar-refractivity contribution in [3.8, 4) is 6.07 Å². The van der Waals surface area contributed by atoms with Gasteiger partial charge in [-0.2, -0.15) is 5.26 Å². The molecule has 2 aliphatic rings. The van der Waals surface area contributed by atoms with E-state index in [-0.39, 0.29) is 0 Å². The van der Waals surface area contributed by atoms with Crippen LogP contribution in [-0.2, 0) is 13.0 Å².